The lowest BCUT2D eigenvalue weighted by atomic mass is 10.2. The van der Waals surface area contributed by atoms with E-state index in [0.717, 1.165) is 0 Å². The molecule has 266 valence electrons. The van der Waals surface area contributed by atoms with E-state index in [-0.39, 0.29) is 54.3 Å². The first-order chi connectivity index (χ1) is 21.1. The Balaban J connectivity index is 2.77. The number of hydrogen-bond donors (Lipinski definition) is 0. The topological polar surface area (TPSA) is 106 Å². The fourth-order valence-electron chi connectivity index (χ4n) is 6.25. The summed E-state index contributed by atoms with van der Waals surface area (Å²) in [6, 6.07) is 0.0961. The summed E-state index contributed by atoms with van der Waals surface area (Å²) in [5, 5.41) is 0. The lowest BCUT2D eigenvalue weighted by Crippen LogP contribution is -2.42. The van der Waals surface area contributed by atoms with Gasteiger partial charge in [-0.3, -0.25) is 0 Å². The van der Waals surface area contributed by atoms with Gasteiger partial charge in [0.2, 0.25) is 17.8 Å². The SMILES string of the molecule is CC(C)CP(=O)(CN1CCN(C)C1=O)CN(c1nc(N(CP(=O)(CC(C)C)C(C)C)C(C)C)nc(N(C(C)C)C(C)C)n1)C(C)C. The molecule has 1 aromatic rings. The molecule has 0 bridgehead atoms. The summed E-state index contributed by atoms with van der Waals surface area (Å²) in [6.45, 7) is 30.5. The standard InChI is InChI=1S/C33H66N8O3P2/c1-23(2)18-45(43,20-38-17-16-37(15)33(38)42)21-39(25(5)6)30-34-31(36-32(35-30)41(27(9)10)28(11)12)40(26(7)8)22-46(44,29(13)14)19-24(3)4/h23-29H,16-22H2,1-15H3. The van der Waals surface area contributed by atoms with Crippen LogP contribution in [-0.2, 0) is 9.13 Å². The average molecular weight is 685 g/mol. The van der Waals surface area contributed by atoms with E-state index in [4.69, 9.17) is 15.0 Å². The first-order valence-corrected chi connectivity index (χ1v) is 21.7. The first-order valence-electron chi connectivity index (χ1n) is 17.3. The summed E-state index contributed by atoms with van der Waals surface area (Å²) >= 11 is 0. The summed E-state index contributed by atoms with van der Waals surface area (Å²) in [5.41, 5.74) is 0.0289. The van der Waals surface area contributed by atoms with Crippen molar-refractivity contribution < 1.29 is 13.9 Å². The highest BCUT2D eigenvalue weighted by Crippen LogP contribution is 2.53. The lowest BCUT2D eigenvalue weighted by molar-refractivity contribution is 0.203. The number of carbonyl (C=O) groups excluding carboxylic acids is 1. The van der Waals surface area contributed by atoms with Crippen LogP contribution in [0.25, 0.3) is 0 Å². The van der Waals surface area contributed by atoms with Crippen LogP contribution in [0.5, 0.6) is 0 Å². The molecule has 1 fully saturated rings. The number of likely N-dealkylation sites (N-methyl/N-ethyl adjacent to an activating group) is 1. The van der Waals surface area contributed by atoms with E-state index in [1.54, 1.807) is 16.8 Å². The number of rotatable bonds is 18. The van der Waals surface area contributed by atoms with Crippen molar-refractivity contribution in [2.24, 2.45) is 11.8 Å². The monoisotopic (exact) mass is 684 g/mol. The van der Waals surface area contributed by atoms with Gasteiger partial charge in [0.05, 0.1) is 18.9 Å². The third kappa shape index (κ3) is 10.6. The van der Waals surface area contributed by atoms with E-state index in [1.807, 2.05) is 4.90 Å². The van der Waals surface area contributed by atoms with Gasteiger partial charge in [-0.25, -0.2) is 4.79 Å². The third-order valence-corrected chi connectivity index (χ3v) is 15.6. The molecule has 2 unspecified atom stereocenters. The van der Waals surface area contributed by atoms with E-state index in [2.05, 4.69) is 107 Å². The summed E-state index contributed by atoms with van der Waals surface area (Å²) in [5.74, 6) is 2.01. The predicted molar refractivity (Wildman–Crippen MR) is 197 cm³/mol. The Morgan fingerprint density at radius 1 is 0.652 bits per heavy atom. The second-order valence-corrected chi connectivity index (χ2v) is 22.2. The number of anilines is 3. The summed E-state index contributed by atoms with van der Waals surface area (Å²) in [6.07, 6.45) is 2.04. The molecule has 2 heterocycles. The van der Waals surface area contributed by atoms with Crippen LogP contribution in [0, 0.1) is 11.8 Å². The summed E-state index contributed by atoms with van der Waals surface area (Å²) in [4.78, 5) is 37.8. The van der Waals surface area contributed by atoms with Gasteiger partial charge in [-0.05, 0) is 67.2 Å². The van der Waals surface area contributed by atoms with Crippen molar-refractivity contribution >= 4 is 38.2 Å². The molecule has 1 aliphatic heterocycles. The number of nitrogens with zero attached hydrogens (tertiary/aromatic N) is 8. The average Bonchev–Trinajstić information content (AvgIpc) is 3.20. The quantitative estimate of drug-likeness (QED) is 0.145. The summed E-state index contributed by atoms with van der Waals surface area (Å²) in [7, 11) is -3.76. The van der Waals surface area contributed by atoms with Crippen LogP contribution in [-0.4, -0.2) is 112 Å². The second-order valence-electron chi connectivity index (χ2n) is 15.6. The van der Waals surface area contributed by atoms with Gasteiger partial charge >= 0.3 is 6.03 Å². The van der Waals surface area contributed by atoms with Crippen molar-refractivity contribution in [3.8, 4) is 0 Å². The van der Waals surface area contributed by atoms with Crippen LogP contribution in [0.2, 0.25) is 0 Å². The molecule has 2 amide bonds. The Labute approximate surface area is 281 Å². The number of amides is 2. The van der Waals surface area contributed by atoms with E-state index in [1.165, 1.54) is 0 Å². The van der Waals surface area contributed by atoms with Crippen LogP contribution in [0.3, 0.4) is 0 Å². The molecule has 1 aromatic heterocycles. The largest absolute Gasteiger partial charge is 0.336 e. The smallest absolute Gasteiger partial charge is 0.320 e. The molecular weight excluding hydrogens is 618 g/mol. The number of carbonyl (C=O) groups is 1. The number of hydrogen-bond acceptors (Lipinski definition) is 9. The fourth-order valence-corrected chi connectivity index (χ4v) is 12.9. The molecule has 0 aromatic carbocycles. The van der Waals surface area contributed by atoms with Crippen LogP contribution >= 0.6 is 14.3 Å². The van der Waals surface area contributed by atoms with Gasteiger partial charge in [0, 0.05) is 62.3 Å². The van der Waals surface area contributed by atoms with Crippen LogP contribution < -0.4 is 14.7 Å². The van der Waals surface area contributed by atoms with E-state index >= 15 is 0 Å². The minimum Gasteiger partial charge on any atom is -0.336 e. The Morgan fingerprint density at radius 2 is 1.11 bits per heavy atom. The summed E-state index contributed by atoms with van der Waals surface area (Å²) < 4.78 is 29.3. The van der Waals surface area contributed by atoms with Crippen LogP contribution in [0.4, 0.5) is 22.6 Å². The number of urea groups is 1. The van der Waals surface area contributed by atoms with Crippen molar-refractivity contribution in [1.29, 1.82) is 0 Å². The molecule has 0 spiro atoms. The normalized spacial score (nSPS) is 17.0. The minimum atomic E-state index is -2.93. The molecule has 1 saturated heterocycles. The zero-order chi connectivity index (χ0) is 35.3. The van der Waals surface area contributed by atoms with Gasteiger partial charge in [-0.2, -0.15) is 15.0 Å². The van der Waals surface area contributed by atoms with Crippen molar-refractivity contribution in [2.75, 3.05) is 66.0 Å². The molecule has 2 atom stereocenters. The molecule has 46 heavy (non-hydrogen) atoms. The van der Waals surface area contributed by atoms with E-state index in [9.17, 15) is 13.9 Å². The highest BCUT2D eigenvalue weighted by atomic mass is 31.2. The maximum absolute atomic E-state index is 14.9. The minimum absolute atomic E-state index is 0.00778. The highest BCUT2D eigenvalue weighted by Gasteiger charge is 2.37. The Morgan fingerprint density at radius 3 is 1.48 bits per heavy atom. The molecule has 0 radical (unpaired) electrons. The molecule has 1 aliphatic rings. The molecule has 0 saturated carbocycles. The zero-order valence-electron chi connectivity index (χ0n) is 31.7. The maximum Gasteiger partial charge on any atom is 0.320 e. The van der Waals surface area contributed by atoms with Gasteiger partial charge in [0.1, 0.15) is 14.3 Å². The van der Waals surface area contributed by atoms with Crippen LogP contribution in [0.15, 0.2) is 0 Å². The van der Waals surface area contributed by atoms with Crippen molar-refractivity contribution in [1.82, 2.24) is 24.8 Å². The Kier molecular flexibility index (Phi) is 14.5. The van der Waals surface area contributed by atoms with Gasteiger partial charge in [0.25, 0.3) is 0 Å². The van der Waals surface area contributed by atoms with E-state index in [0.29, 0.717) is 55.5 Å². The van der Waals surface area contributed by atoms with Crippen LogP contribution in [0.1, 0.15) is 96.9 Å². The van der Waals surface area contributed by atoms with Gasteiger partial charge < -0.3 is 33.6 Å². The van der Waals surface area contributed by atoms with Crippen molar-refractivity contribution in [2.45, 2.75) is 127 Å². The maximum atomic E-state index is 14.9. The predicted octanol–water partition coefficient (Wildman–Crippen LogP) is 7.61. The van der Waals surface area contributed by atoms with Gasteiger partial charge in [-0.15, -0.1) is 0 Å². The molecule has 13 heteroatoms. The highest BCUT2D eigenvalue weighted by molar-refractivity contribution is 7.64. The van der Waals surface area contributed by atoms with Crippen molar-refractivity contribution in [3.63, 3.8) is 0 Å². The first kappa shape index (κ1) is 40.3. The molecule has 0 aliphatic carbocycles. The van der Waals surface area contributed by atoms with Gasteiger partial charge in [-0.1, -0.05) is 41.5 Å². The fraction of sp³-hybridized carbons (Fsp3) is 0.879. The molecule has 0 N–H and O–H groups in total. The Hall–Kier alpha value is -1.86. The molecule has 11 nitrogen and oxygen atoms in total. The second kappa shape index (κ2) is 16.5. The van der Waals surface area contributed by atoms with Gasteiger partial charge in [0.15, 0.2) is 0 Å². The number of aromatic nitrogens is 3. The lowest BCUT2D eigenvalue weighted by Gasteiger charge is -2.37. The van der Waals surface area contributed by atoms with E-state index < -0.39 is 14.3 Å². The molecule has 2 rings (SSSR count). The third-order valence-electron chi connectivity index (χ3n) is 8.55. The van der Waals surface area contributed by atoms with Crippen molar-refractivity contribution in [3.05, 3.63) is 0 Å². The zero-order valence-corrected chi connectivity index (χ0v) is 33.5. The Bertz CT molecular complexity index is 1230. The molecular formula is C33H66N8O3P2.